The summed E-state index contributed by atoms with van der Waals surface area (Å²) < 4.78 is 5.65. The Morgan fingerprint density at radius 3 is 2.83 bits per heavy atom. The molecule has 1 atom stereocenters. The van der Waals surface area contributed by atoms with Crippen LogP contribution in [0.15, 0.2) is 24.3 Å². The molecule has 1 unspecified atom stereocenters. The Labute approximate surface area is 144 Å². The van der Waals surface area contributed by atoms with E-state index in [9.17, 15) is 14.7 Å². The third-order valence-corrected chi connectivity index (χ3v) is 5.31. The molecular weight excluding hydrogens is 326 g/mol. The second kappa shape index (κ2) is 6.75. The van der Waals surface area contributed by atoms with Crippen LogP contribution in [0.3, 0.4) is 0 Å². The largest absolute Gasteiger partial charge is 0.478 e. The van der Waals surface area contributed by atoms with Crippen LogP contribution in [0.2, 0.25) is 0 Å². The van der Waals surface area contributed by atoms with Crippen molar-refractivity contribution in [2.45, 2.75) is 32.8 Å². The fourth-order valence-corrected chi connectivity index (χ4v) is 4.25. The van der Waals surface area contributed by atoms with Gasteiger partial charge in [0.1, 0.15) is 5.00 Å². The molecule has 0 saturated carbocycles. The lowest BCUT2D eigenvalue weighted by molar-refractivity contribution is -0.128. The van der Waals surface area contributed by atoms with Crippen molar-refractivity contribution in [3.8, 4) is 0 Å². The van der Waals surface area contributed by atoms with E-state index in [-0.39, 0.29) is 11.5 Å². The molecule has 2 aromatic rings. The van der Waals surface area contributed by atoms with Gasteiger partial charge in [0.25, 0.3) is 5.91 Å². The molecule has 126 valence electrons. The van der Waals surface area contributed by atoms with Gasteiger partial charge in [-0.3, -0.25) is 4.79 Å². The lowest BCUT2D eigenvalue weighted by Gasteiger charge is -2.25. The first kappa shape index (κ1) is 16.7. The number of thiophene rings is 1. The van der Waals surface area contributed by atoms with Crippen molar-refractivity contribution in [1.82, 2.24) is 0 Å². The lowest BCUT2D eigenvalue weighted by Crippen LogP contribution is -2.28. The third kappa shape index (κ3) is 2.95. The summed E-state index contributed by atoms with van der Waals surface area (Å²) in [5.41, 5.74) is 2.91. The highest BCUT2D eigenvalue weighted by Crippen LogP contribution is 2.35. The smallest absolute Gasteiger partial charge is 0.339 e. The first-order valence-electron chi connectivity index (χ1n) is 7.88. The van der Waals surface area contributed by atoms with Crippen molar-refractivity contribution in [1.29, 1.82) is 0 Å². The van der Waals surface area contributed by atoms with Crippen LogP contribution in [-0.4, -0.2) is 23.6 Å². The molecule has 0 bridgehead atoms. The average molecular weight is 345 g/mol. The minimum absolute atomic E-state index is 0.192. The van der Waals surface area contributed by atoms with Crippen LogP contribution in [0.4, 0.5) is 5.00 Å². The highest BCUT2D eigenvalue weighted by molar-refractivity contribution is 7.16. The van der Waals surface area contributed by atoms with Crippen LogP contribution in [-0.2, 0) is 22.4 Å². The SMILES string of the molecule is CCc1c(C)sc(NC(=O)C2OCCc3ccccc32)c1C(=O)O. The van der Waals surface area contributed by atoms with Crippen molar-refractivity contribution in [2.75, 3.05) is 11.9 Å². The number of amides is 1. The zero-order valence-corrected chi connectivity index (χ0v) is 14.4. The van der Waals surface area contributed by atoms with Crippen LogP contribution < -0.4 is 5.32 Å². The molecule has 3 rings (SSSR count). The predicted molar refractivity (Wildman–Crippen MR) is 92.9 cm³/mol. The summed E-state index contributed by atoms with van der Waals surface area (Å²) in [7, 11) is 0. The zero-order chi connectivity index (χ0) is 17.3. The molecule has 1 amide bonds. The average Bonchev–Trinajstić information content (AvgIpc) is 2.89. The number of carbonyl (C=O) groups is 2. The van der Waals surface area contributed by atoms with Gasteiger partial charge < -0.3 is 15.2 Å². The monoisotopic (exact) mass is 345 g/mol. The lowest BCUT2D eigenvalue weighted by atomic mass is 9.97. The number of hydrogen-bond donors (Lipinski definition) is 2. The standard InChI is InChI=1S/C18H19NO4S/c1-3-12-10(2)24-17(14(12)18(21)22)19-16(20)15-13-7-5-4-6-11(13)8-9-23-15/h4-7,15H,3,8-9H2,1-2H3,(H,19,20)(H,21,22). The number of ether oxygens (including phenoxy) is 1. The van der Waals surface area contributed by atoms with Gasteiger partial charge >= 0.3 is 5.97 Å². The van der Waals surface area contributed by atoms with Crippen molar-refractivity contribution in [2.24, 2.45) is 0 Å². The Kier molecular flexibility index (Phi) is 4.69. The molecule has 1 aliphatic rings. The Bertz CT molecular complexity index is 796. The minimum atomic E-state index is -1.02. The second-order valence-electron chi connectivity index (χ2n) is 5.69. The number of rotatable bonds is 4. The Hall–Kier alpha value is -2.18. The first-order valence-corrected chi connectivity index (χ1v) is 8.70. The van der Waals surface area contributed by atoms with E-state index in [2.05, 4.69) is 5.32 Å². The number of carboxylic acid groups (broad SMARTS) is 1. The van der Waals surface area contributed by atoms with Crippen molar-refractivity contribution < 1.29 is 19.4 Å². The number of carbonyl (C=O) groups excluding carboxylic acids is 1. The Balaban J connectivity index is 1.90. The van der Waals surface area contributed by atoms with Crippen LogP contribution in [0, 0.1) is 6.92 Å². The number of anilines is 1. The Morgan fingerprint density at radius 1 is 1.38 bits per heavy atom. The van der Waals surface area contributed by atoms with Gasteiger partial charge in [0, 0.05) is 4.88 Å². The van der Waals surface area contributed by atoms with E-state index in [0.29, 0.717) is 18.0 Å². The number of aryl methyl sites for hydroxylation is 1. The molecule has 2 N–H and O–H groups in total. The van der Waals surface area contributed by atoms with Crippen LogP contribution >= 0.6 is 11.3 Å². The molecule has 0 saturated heterocycles. The minimum Gasteiger partial charge on any atom is -0.478 e. The van der Waals surface area contributed by atoms with Gasteiger partial charge in [0.15, 0.2) is 6.10 Å². The van der Waals surface area contributed by atoms with E-state index in [0.717, 1.165) is 28.0 Å². The van der Waals surface area contributed by atoms with Gasteiger partial charge in [-0.25, -0.2) is 4.79 Å². The van der Waals surface area contributed by atoms with Gasteiger partial charge in [-0.1, -0.05) is 31.2 Å². The summed E-state index contributed by atoms with van der Waals surface area (Å²) in [4.78, 5) is 25.2. The second-order valence-corrected chi connectivity index (χ2v) is 6.91. The quantitative estimate of drug-likeness (QED) is 0.888. The third-order valence-electron chi connectivity index (χ3n) is 4.24. The van der Waals surface area contributed by atoms with Crippen LogP contribution in [0.5, 0.6) is 0 Å². The molecule has 1 aliphatic heterocycles. The molecule has 0 radical (unpaired) electrons. The number of carboxylic acids is 1. The van der Waals surface area contributed by atoms with Gasteiger partial charge in [0.05, 0.1) is 12.2 Å². The van der Waals surface area contributed by atoms with E-state index in [1.807, 2.05) is 38.1 Å². The topological polar surface area (TPSA) is 75.6 Å². The zero-order valence-electron chi connectivity index (χ0n) is 13.6. The highest BCUT2D eigenvalue weighted by atomic mass is 32.1. The number of aromatic carboxylic acids is 1. The van der Waals surface area contributed by atoms with E-state index in [4.69, 9.17) is 4.74 Å². The molecule has 2 heterocycles. The number of nitrogens with one attached hydrogen (secondary N) is 1. The first-order chi connectivity index (χ1) is 11.5. The summed E-state index contributed by atoms with van der Waals surface area (Å²) in [6.07, 6.45) is 0.685. The molecule has 0 fully saturated rings. The van der Waals surface area contributed by atoms with Crippen molar-refractivity contribution >= 4 is 28.2 Å². The van der Waals surface area contributed by atoms with Gasteiger partial charge in [-0.05, 0) is 36.5 Å². The normalized spacial score (nSPS) is 16.5. The van der Waals surface area contributed by atoms with Crippen LogP contribution in [0.25, 0.3) is 0 Å². The molecule has 24 heavy (non-hydrogen) atoms. The summed E-state index contributed by atoms with van der Waals surface area (Å²) in [5, 5.41) is 12.7. The summed E-state index contributed by atoms with van der Waals surface area (Å²) in [6, 6.07) is 7.69. The summed E-state index contributed by atoms with van der Waals surface area (Å²) in [6.45, 7) is 4.26. The predicted octanol–water partition coefficient (Wildman–Crippen LogP) is 3.57. The number of benzene rings is 1. The maximum absolute atomic E-state index is 12.7. The maximum atomic E-state index is 12.7. The van der Waals surface area contributed by atoms with E-state index < -0.39 is 12.1 Å². The molecule has 1 aromatic heterocycles. The molecular formula is C18H19NO4S. The van der Waals surface area contributed by atoms with Gasteiger partial charge in [-0.2, -0.15) is 0 Å². The Morgan fingerprint density at radius 2 is 2.12 bits per heavy atom. The highest BCUT2D eigenvalue weighted by Gasteiger charge is 2.29. The molecule has 1 aromatic carbocycles. The maximum Gasteiger partial charge on any atom is 0.339 e. The number of fused-ring (bicyclic) bond motifs is 1. The molecule has 6 heteroatoms. The van der Waals surface area contributed by atoms with E-state index in [1.54, 1.807) is 0 Å². The van der Waals surface area contributed by atoms with Crippen LogP contribution in [0.1, 0.15) is 45.0 Å². The molecule has 5 nitrogen and oxygen atoms in total. The summed E-state index contributed by atoms with van der Waals surface area (Å²) in [5.74, 6) is -1.34. The fraction of sp³-hybridized carbons (Fsp3) is 0.333. The van der Waals surface area contributed by atoms with Crippen molar-refractivity contribution in [3.63, 3.8) is 0 Å². The van der Waals surface area contributed by atoms with E-state index in [1.165, 1.54) is 11.3 Å². The van der Waals surface area contributed by atoms with E-state index >= 15 is 0 Å². The summed E-state index contributed by atoms with van der Waals surface area (Å²) >= 11 is 1.30. The molecule has 0 aliphatic carbocycles. The fourth-order valence-electron chi connectivity index (χ4n) is 3.11. The molecule has 0 spiro atoms. The van der Waals surface area contributed by atoms with Gasteiger partial charge in [0.2, 0.25) is 0 Å². The number of hydrogen-bond acceptors (Lipinski definition) is 4. The van der Waals surface area contributed by atoms with Crippen molar-refractivity contribution in [3.05, 3.63) is 51.4 Å². The van der Waals surface area contributed by atoms with Gasteiger partial charge in [-0.15, -0.1) is 11.3 Å².